The molecule has 1 heterocycles. The van der Waals surface area contributed by atoms with Crippen molar-refractivity contribution in [2.24, 2.45) is 0 Å². The Kier molecular flexibility index (Phi) is 6.07. The maximum absolute atomic E-state index is 12.6. The zero-order valence-electron chi connectivity index (χ0n) is 16.5. The van der Waals surface area contributed by atoms with Crippen molar-refractivity contribution < 1.29 is 19.2 Å². The first-order valence-electron chi connectivity index (χ1n) is 9.61. The van der Waals surface area contributed by atoms with E-state index >= 15 is 0 Å². The summed E-state index contributed by atoms with van der Waals surface area (Å²) in [5.74, 6) is -0.948. The number of hydrogen-bond donors (Lipinski definition) is 1. The van der Waals surface area contributed by atoms with E-state index < -0.39 is 0 Å². The molecule has 0 spiro atoms. The molecule has 0 aromatic heterocycles. The lowest BCUT2D eigenvalue weighted by Crippen LogP contribution is -2.30. The summed E-state index contributed by atoms with van der Waals surface area (Å²) >= 11 is 0. The monoisotopic (exact) mass is 393 g/mol. The normalized spacial score (nSPS) is 13.5. The van der Waals surface area contributed by atoms with Crippen molar-refractivity contribution in [1.29, 1.82) is 0 Å². The molecule has 1 saturated heterocycles. The average molecular weight is 393 g/mol. The molecule has 1 fully saturated rings. The molecule has 0 radical (unpaired) electrons. The van der Waals surface area contributed by atoms with Gasteiger partial charge in [-0.2, -0.15) is 0 Å². The first-order valence-corrected chi connectivity index (χ1v) is 9.61. The number of rotatable bonds is 6. The van der Waals surface area contributed by atoms with Crippen LogP contribution < -0.4 is 10.2 Å². The molecule has 7 nitrogen and oxygen atoms in total. The van der Waals surface area contributed by atoms with Crippen molar-refractivity contribution in [3.8, 4) is 0 Å². The van der Waals surface area contributed by atoms with Crippen molar-refractivity contribution in [2.75, 3.05) is 23.3 Å². The molecule has 29 heavy (non-hydrogen) atoms. The van der Waals surface area contributed by atoms with Crippen molar-refractivity contribution in [3.05, 3.63) is 59.7 Å². The SMILES string of the molecule is CCN(CC)C(=O)c1ccc(NC(=O)c2cccc(N3C(=O)CCC3=O)c2)cc1. The Morgan fingerprint density at radius 1 is 0.931 bits per heavy atom. The molecule has 0 atom stereocenters. The van der Waals surface area contributed by atoms with Crippen LogP contribution in [0, 0.1) is 0 Å². The van der Waals surface area contributed by atoms with Gasteiger partial charge in [-0.05, 0) is 56.3 Å². The number of imide groups is 1. The second-order valence-corrected chi connectivity index (χ2v) is 6.68. The van der Waals surface area contributed by atoms with Crippen LogP contribution in [0.4, 0.5) is 11.4 Å². The first-order chi connectivity index (χ1) is 13.9. The number of carbonyl (C=O) groups excluding carboxylic acids is 4. The summed E-state index contributed by atoms with van der Waals surface area (Å²) in [7, 11) is 0. The third-order valence-electron chi connectivity index (χ3n) is 4.86. The summed E-state index contributed by atoms with van der Waals surface area (Å²) in [6.45, 7) is 5.11. The number of hydrogen-bond acceptors (Lipinski definition) is 4. The van der Waals surface area contributed by atoms with Gasteiger partial charge in [-0.15, -0.1) is 0 Å². The molecule has 1 aliphatic rings. The van der Waals surface area contributed by atoms with Gasteiger partial charge in [-0.3, -0.25) is 24.1 Å². The molecule has 1 N–H and O–H groups in total. The average Bonchev–Trinajstić information content (AvgIpc) is 3.07. The zero-order valence-corrected chi connectivity index (χ0v) is 16.5. The topological polar surface area (TPSA) is 86.8 Å². The summed E-state index contributed by atoms with van der Waals surface area (Å²) in [6, 6.07) is 13.1. The van der Waals surface area contributed by atoms with Gasteiger partial charge in [0.1, 0.15) is 0 Å². The maximum atomic E-state index is 12.6. The van der Waals surface area contributed by atoms with Gasteiger partial charge in [0.2, 0.25) is 11.8 Å². The summed E-state index contributed by atoms with van der Waals surface area (Å²) in [6.07, 6.45) is 0.377. The number of carbonyl (C=O) groups is 4. The van der Waals surface area contributed by atoms with Gasteiger partial charge in [-0.1, -0.05) is 6.07 Å². The molecule has 0 saturated carbocycles. The third-order valence-corrected chi connectivity index (χ3v) is 4.86. The van der Waals surface area contributed by atoms with Crippen LogP contribution in [0.25, 0.3) is 0 Å². The number of benzene rings is 2. The molecule has 150 valence electrons. The van der Waals surface area contributed by atoms with E-state index in [-0.39, 0.29) is 36.5 Å². The van der Waals surface area contributed by atoms with E-state index in [1.807, 2.05) is 13.8 Å². The largest absolute Gasteiger partial charge is 0.339 e. The summed E-state index contributed by atoms with van der Waals surface area (Å²) in [4.78, 5) is 51.6. The van der Waals surface area contributed by atoms with Gasteiger partial charge in [0, 0.05) is 42.7 Å². The van der Waals surface area contributed by atoms with Gasteiger partial charge >= 0.3 is 0 Å². The molecule has 1 aliphatic heterocycles. The molecule has 0 bridgehead atoms. The molecule has 2 aromatic carbocycles. The van der Waals surface area contributed by atoms with Gasteiger partial charge in [0.15, 0.2) is 0 Å². The lowest BCUT2D eigenvalue weighted by molar-refractivity contribution is -0.121. The van der Waals surface area contributed by atoms with E-state index in [0.717, 1.165) is 4.90 Å². The van der Waals surface area contributed by atoms with Crippen LogP contribution in [0.3, 0.4) is 0 Å². The highest BCUT2D eigenvalue weighted by Gasteiger charge is 2.30. The Labute approximate surface area is 169 Å². The highest BCUT2D eigenvalue weighted by atomic mass is 16.2. The van der Waals surface area contributed by atoms with Crippen molar-refractivity contribution in [2.45, 2.75) is 26.7 Å². The van der Waals surface area contributed by atoms with Crippen molar-refractivity contribution in [1.82, 2.24) is 4.90 Å². The molecule has 7 heteroatoms. The zero-order chi connectivity index (χ0) is 21.0. The number of amides is 4. The highest BCUT2D eigenvalue weighted by Crippen LogP contribution is 2.24. The Balaban J connectivity index is 1.72. The molecule has 0 aliphatic carbocycles. The quantitative estimate of drug-likeness (QED) is 0.764. The lowest BCUT2D eigenvalue weighted by Gasteiger charge is -2.18. The fourth-order valence-electron chi connectivity index (χ4n) is 3.24. The third kappa shape index (κ3) is 4.34. The van der Waals surface area contributed by atoms with Crippen molar-refractivity contribution in [3.63, 3.8) is 0 Å². The van der Waals surface area contributed by atoms with Crippen LogP contribution in [0.15, 0.2) is 48.5 Å². The summed E-state index contributed by atoms with van der Waals surface area (Å²) < 4.78 is 0. The van der Waals surface area contributed by atoms with Gasteiger partial charge in [-0.25, -0.2) is 0 Å². The second-order valence-electron chi connectivity index (χ2n) is 6.68. The minimum atomic E-state index is -0.367. The smallest absolute Gasteiger partial charge is 0.255 e. The number of nitrogens with one attached hydrogen (secondary N) is 1. The van der Waals surface area contributed by atoms with Crippen LogP contribution in [0.1, 0.15) is 47.4 Å². The predicted molar refractivity (Wildman–Crippen MR) is 110 cm³/mol. The van der Waals surface area contributed by atoms with E-state index in [4.69, 9.17) is 0 Å². The first kappa shape index (κ1) is 20.3. The van der Waals surface area contributed by atoms with Crippen LogP contribution in [0.2, 0.25) is 0 Å². The molecule has 2 aromatic rings. The molecular weight excluding hydrogens is 370 g/mol. The standard InChI is InChI=1S/C22H23N3O4/c1-3-24(4-2)22(29)15-8-10-17(11-9-15)23-21(28)16-6-5-7-18(14-16)25-19(26)12-13-20(25)27/h5-11,14H,3-4,12-13H2,1-2H3,(H,23,28). The molecule has 0 unspecified atom stereocenters. The minimum absolute atomic E-state index is 0.0551. The van der Waals surface area contributed by atoms with E-state index in [1.54, 1.807) is 47.4 Å². The van der Waals surface area contributed by atoms with Crippen LogP contribution in [0.5, 0.6) is 0 Å². The van der Waals surface area contributed by atoms with Crippen molar-refractivity contribution >= 4 is 35.0 Å². The Morgan fingerprint density at radius 3 is 2.14 bits per heavy atom. The fourth-order valence-corrected chi connectivity index (χ4v) is 3.24. The number of nitrogens with zero attached hydrogens (tertiary/aromatic N) is 2. The summed E-state index contributed by atoms with van der Waals surface area (Å²) in [5, 5.41) is 2.77. The lowest BCUT2D eigenvalue weighted by atomic mass is 10.1. The molecular formula is C22H23N3O4. The molecule has 3 rings (SSSR count). The Bertz CT molecular complexity index is 933. The van der Waals surface area contributed by atoms with Gasteiger partial charge in [0.25, 0.3) is 11.8 Å². The number of anilines is 2. The fraction of sp³-hybridized carbons (Fsp3) is 0.273. The second kappa shape index (κ2) is 8.68. The van der Waals surface area contributed by atoms with E-state index in [1.165, 1.54) is 6.07 Å². The van der Waals surface area contributed by atoms with Crippen LogP contribution in [-0.2, 0) is 9.59 Å². The van der Waals surface area contributed by atoms with E-state index in [0.29, 0.717) is 35.6 Å². The van der Waals surface area contributed by atoms with E-state index in [2.05, 4.69) is 5.32 Å². The predicted octanol–water partition coefficient (Wildman–Crippen LogP) is 3.07. The Hall–Kier alpha value is -3.48. The van der Waals surface area contributed by atoms with E-state index in [9.17, 15) is 19.2 Å². The van der Waals surface area contributed by atoms with Gasteiger partial charge < -0.3 is 10.2 Å². The maximum Gasteiger partial charge on any atom is 0.255 e. The highest BCUT2D eigenvalue weighted by molar-refractivity contribution is 6.20. The van der Waals surface area contributed by atoms with Crippen LogP contribution in [-0.4, -0.2) is 41.6 Å². The summed E-state index contributed by atoms with van der Waals surface area (Å²) in [5.41, 5.74) is 1.83. The minimum Gasteiger partial charge on any atom is -0.339 e. The van der Waals surface area contributed by atoms with Gasteiger partial charge in [0.05, 0.1) is 5.69 Å². The van der Waals surface area contributed by atoms with Crippen LogP contribution >= 0.6 is 0 Å². The Morgan fingerprint density at radius 2 is 1.55 bits per heavy atom. The molecule has 4 amide bonds.